The van der Waals surface area contributed by atoms with E-state index in [0.29, 0.717) is 16.3 Å². The number of hydrogen-bond donors (Lipinski definition) is 0. The number of nitrogens with zero attached hydrogens (tertiary/aromatic N) is 1. The molecule has 2 aromatic rings. The predicted octanol–water partition coefficient (Wildman–Crippen LogP) is 4.78. The van der Waals surface area contributed by atoms with Gasteiger partial charge in [-0.2, -0.15) is 13.2 Å². The van der Waals surface area contributed by atoms with Crippen LogP contribution in [0.25, 0.3) is 0 Å². The van der Waals surface area contributed by atoms with Crippen LogP contribution in [-0.4, -0.2) is 24.0 Å². The quantitative estimate of drug-likeness (QED) is 0.756. The molecule has 7 heteroatoms. The summed E-state index contributed by atoms with van der Waals surface area (Å²) in [5, 5.41) is 0.377. The van der Waals surface area contributed by atoms with Gasteiger partial charge in [0.1, 0.15) is 5.75 Å². The molecule has 0 fully saturated rings. The zero-order chi connectivity index (χ0) is 18.6. The van der Waals surface area contributed by atoms with Crippen molar-refractivity contribution in [1.29, 1.82) is 0 Å². The van der Waals surface area contributed by atoms with Crippen molar-refractivity contribution in [2.75, 3.05) is 7.05 Å². The summed E-state index contributed by atoms with van der Waals surface area (Å²) in [6.07, 6.45) is -5.24. The van der Waals surface area contributed by atoms with E-state index in [2.05, 4.69) is 0 Å². The molecule has 2 aromatic carbocycles. The molecule has 0 heterocycles. The second-order valence-electron chi connectivity index (χ2n) is 5.58. The largest absolute Gasteiger partial charge is 0.479 e. The van der Waals surface area contributed by atoms with Crippen LogP contribution < -0.4 is 4.74 Å². The van der Waals surface area contributed by atoms with E-state index in [4.69, 9.17) is 16.3 Å². The number of benzene rings is 2. The summed E-state index contributed by atoms with van der Waals surface area (Å²) in [5.41, 5.74) is -0.359. The molecule has 0 aliphatic carbocycles. The van der Waals surface area contributed by atoms with E-state index in [1.807, 2.05) is 0 Å². The van der Waals surface area contributed by atoms with Gasteiger partial charge in [-0.15, -0.1) is 0 Å². The molecule has 0 bridgehead atoms. The molecule has 25 heavy (non-hydrogen) atoms. The molecule has 0 aliphatic rings. The highest BCUT2D eigenvalue weighted by molar-refractivity contribution is 6.32. The number of carbonyl (C=O) groups excluding carboxylic acids is 1. The van der Waals surface area contributed by atoms with Crippen LogP contribution in [0.2, 0.25) is 5.02 Å². The van der Waals surface area contributed by atoms with E-state index >= 15 is 0 Å². The third-order valence-corrected chi connectivity index (χ3v) is 3.85. The first-order chi connectivity index (χ1) is 11.7. The van der Waals surface area contributed by atoms with Crippen LogP contribution in [0.4, 0.5) is 13.2 Å². The minimum Gasteiger partial charge on any atom is -0.479 e. The van der Waals surface area contributed by atoms with Gasteiger partial charge in [0, 0.05) is 13.6 Å². The summed E-state index contributed by atoms with van der Waals surface area (Å²) in [6, 6.07) is 11.6. The first kappa shape index (κ1) is 19.1. The van der Waals surface area contributed by atoms with Gasteiger partial charge in [0.25, 0.3) is 5.91 Å². The Balaban J connectivity index is 2.04. The van der Waals surface area contributed by atoms with Gasteiger partial charge < -0.3 is 9.64 Å². The molecule has 3 nitrogen and oxygen atoms in total. The number of likely N-dealkylation sites (N-methyl/N-ethyl adjacent to an activating group) is 1. The highest BCUT2D eigenvalue weighted by atomic mass is 35.5. The Morgan fingerprint density at radius 1 is 1.20 bits per heavy atom. The molecular formula is C18H17ClF3NO2. The molecule has 134 valence electrons. The highest BCUT2D eigenvalue weighted by Gasteiger charge is 2.30. The molecule has 0 radical (unpaired) electrons. The van der Waals surface area contributed by atoms with Gasteiger partial charge in [0.2, 0.25) is 0 Å². The lowest BCUT2D eigenvalue weighted by atomic mass is 10.1. The molecule has 1 amide bonds. The van der Waals surface area contributed by atoms with Crippen molar-refractivity contribution >= 4 is 17.5 Å². The van der Waals surface area contributed by atoms with E-state index in [0.717, 1.165) is 12.1 Å². The number of alkyl halides is 3. The lowest BCUT2D eigenvalue weighted by molar-refractivity contribution is -0.137. The Hall–Kier alpha value is -2.21. The molecular weight excluding hydrogens is 355 g/mol. The molecule has 2 rings (SSSR count). The van der Waals surface area contributed by atoms with Crippen LogP contribution >= 0.6 is 11.6 Å². The molecule has 1 atom stereocenters. The minimum atomic E-state index is -4.42. The maximum atomic E-state index is 12.8. The van der Waals surface area contributed by atoms with Crippen molar-refractivity contribution in [2.24, 2.45) is 0 Å². The van der Waals surface area contributed by atoms with Crippen LogP contribution in [0.15, 0.2) is 48.5 Å². The summed E-state index contributed by atoms with van der Waals surface area (Å²) >= 11 is 5.99. The maximum absolute atomic E-state index is 12.8. The maximum Gasteiger partial charge on any atom is 0.416 e. The second kappa shape index (κ2) is 7.78. The molecule has 0 aliphatic heterocycles. The van der Waals surface area contributed by atoms with Crippen LogP contribution in [0.3, 0.4) is 0 Å². The van der Waals surface area contributed by atoms with Crippen molar-refractivity contribution < 1.29 is 22.7 Å². The smallest absolute Gasteiger partial charge is 0.416 e. The molecule has 0 N–H and O–H groups in total. The summed E-state index contributed by atoms with van der Waals surface area (Å²) < 4.78 is 43.8. The van der Waals surface area contributed by atoms with Crippen molar-refractivity contribution in [2.45, 2.75) is 25.7 Å². The molecule has 0 spiro atoms. The molecule has 0 saturated carbocycles. The summed E-state index contributed by atoms with van der Waals surface area (Å²) in [7, 11) is 1.51. The summed E-state index contributed by atoms with van der Waals surface area (Å²) in [5.74, 6) is 0.00909. The monoisotopic (exact) mass is 371 g/mol. The number of ether oxygens (including phenoxy) is 1. The fourth-order valence-corrected chi connectivity index (χ4v) is 2.47. The van der Waals surface area contributed by atoms with E-state index < -0.39 is 17.8 Å². The Labute approximate surface area is 149 Å². The SMILES string of the molecule is CC(Oc1ccccc1Cl)C(=O)N(C)Cc1cccc(C(F)(F)F)c1. The predicted molar refractivity (Wildman–Crippen MR) is 89.5 cm³/mol. The zero-order valence-corrected chi connectivity index (χ0v) is 14.4. The number of carbonyl (C=O) groups is 1. The molecule has 1 unspecified atom stereocenters. The first-order valence-electron chi connectivity index (χ1n) is 7.51. The van der Waals surface area contributed by atoms with Gasteiger partial charge >= 0.3 is 6.18 Å². The lowest BCUT2D eigenvalue weighted by Gasteiger charge is -2.23. The fraction of sp³-hybridized carbons (Fsp3) is 0.278. The topological polar surface area (TPSA) is 29.5 Å². The van der Waals surface area contributed by atoms with E-state index in [1.54, 1.807) is 37.3 Å². The highest BCUT2D eigenvalue weighted by Crippen LogP contribution is 2.30. The standard InChI is InChI=1S/C18H17ClF3NO2/c1-12(25-16-9-4-3-8-15(16)19)17(24)23(2)11-13-6-5-7-14(10-13)18(20,21)22/h3-10,12H,11H2,1-2H3. The Kier molecular flexibility index (Phi) is 5.95. The normalized spacial score (nSPS) is 12.6. The lowest BCUT2D eigenvalue weighted by Crippen LogP contribution is -2.37. The van der Waals surface area contributed by atoms with Crippen molar-refractivity contribution in [3.63, 3.8) is 0 Å². The third-order valence-electron chi connectivity index (χ3n) is 3.54. The minimum absolute atomic E-state index is 0.0406. The number of amides is 1. The Morgan fingerprint density at radius 2 is 1.88 bits per heavy atom. The van der Waals surface area contributed by atoms with E-state index in [9.17, 15) is 18.0 Å². The Bertz CT molecular complexity index is 749. The van der Waals surface area contributed by atoms with Crippen LogP contribution in [0, 0.1) is 0 Å². The van der Waals surface area contributed by atoms with Crippen LogP contribution in [-0.2, 0) is 17.5 Å². The van der Waals surface area contributed by atoms with Gasteiger partial charge in [0.15, 0.2) is 6.10 Å². The van der Waals surface area contributed by atoms with Gasteiger partial charge in [-0.25, -0.2) is 0 Å². The number of halogens is 4. The van der Waals surface area contributed by atoms with Crippen molar-refractivity contribution in [1.82, 2.24) is 4.90 Å². The van der Waals surface area contributed by atoms with Crippen molar-refractivity contribution in [3.05, 3.63) is 64.7 Å². The number of hydrogen-bond acceptors (Lipinski definition) is 2. The Morgan fingerprint density at radius 3 is 2.52 bits per heavy atom. The van der Waals surface area contributed by atoms with Crippen LogP contribution in [0.5, 0.6) is 5.75 Å². The summed E-state index contributed by atoms with van der Waals surface area (Å²) in [6.45, 7) is 1.60. The van der Waals surface area contributed by atoms with E-state index in [-0.39, 0.29) is 12.5 Å². The third kappa shape index (κ3) is 5.13. The van der Waals surface area contributed by atoms with Gasteiger partial charge in [0.05, 0.1) is 10.6 Å². The first-order valence-corrected chi connectivity index (χ1v) is 7.88. The average molecular weight is 372 g/mol. The number of para-hydroxylation sites is 1. The second-order valence-corrected chi connectivity index (χ2v) is 5.99. The zero-order valence-electron chi connectivity index (χ0n) is 13.7. The number of rotatable bonds is 5. The molecule has 0 aromatic heterocycles. The van der Waals surface area contributed by atoms with Crippen LogP contribution in [0.1, 0.15) is 18.1 Å². The van der Waals surface area contributed by atoms with Crippen molar-refractivity contribution in [3.8, 4) is 5.75 Å². The average Bonchev–Trinajstić information content (AvgIpc) is 2.55. The van der Waals surface area contributed by atoms with Gasteiger partial charge in [-0.1, -0.05) is 35.9 Å². The van der Waals surface area contributed by atoms with E-state index in [1.165, 1.54) is 18.0 Å². The van der Waals surface area contributed by atoms with Gasteiger partial charge in [-0.05, 0) is 36.8 Å². The summed E-state index contributed by atoms with van der Waals surface area (Å²) in [4.78, 5) is 13.7. The fourth-order valence-electron chi connectivity index (χ4n) is 2.29. The van der Waals surface area contributed by atoms with Gasteiger partial charge in [-0.3, -0.25) is 4.79 Å². The molecule has 0 saturated heterocycles.